The summed E-state index contributed by atoms with van der Waals surface area (Å²) in [6, 6.07) is 8.75. The topological polar surface area (TPSA) is 75.6 Å². The summed E-state index contributed by atoms with van der Waals surface area (Å²) in [6.07, 6.45) is -0.838. The van der Waals surface area contributed by atoms with Crippen LogP contribution in [0.25, 0.3) is 4.48 Å². The van der Waals surface area contributed by atoms with Crippen molar-refractivity contribution < 1.29 is 19.4 Å². The Kier molecular flexibility index (Phi) is 4.71. The number of aliphatic carboxylic acids is 1. The van der Waals surface area contributed by atoms with Crippen molar-refractivity contribution in [3.8, 4) is 0 Å². The molecule has 0 saturated carbocycles. The molecular formula is C11H10BrNO4. The van der Waals surface area contributed by atoms with Gasteiger partial charge in [0, 0.05) is 0 Å². The molecular weight excluding hydrogens is 290 g/mol. The van der Waals surface area contributed by atoms with Crippen LogP contribution < -0.4 is 5.32 Å². The van der Waals surface area contributed by atoms with Crippen LogP contribution in [-0.4, -0.2) is 24.3 Å². The van der Waals surface area contributed by atoms with Crippen LogP contribution in [0.1, 0.15) is 5.56 Å². The minimum atomic E-state index is -1.26. The number of hydrogen-bond acceptors (Lipinski definition) is 3. The molecule has 0 atom stereocenters. The van der Waals surface area contributed by atoms with Crippen LogP contribution in [0.4, 0.5) is 4.79 Å². The first-order valence-electron chi connectivity index (χ1n) is 4.59. The van der Waals surface area contributed by atoms with Gasteiger partial charge in [0.15, 0.2) is 0 Å². The van der Waals surface area contributed by atoms with Gasteiger partial charge in [0.05, 0.1) is 11.6 Å². The molecule has 0 aliphatic heterocycles. The summed E-state index contributed by atoms with van der Waals surface area (Å²) in [5.41, 5.74) is 0.365. The highest BCUT2D eigenvalue weighted by atomic mass is 79.9. The number of methoxy groups -OCH3 is 1. The Bertz CT molecular complexity index is 456. The van der Waals surface area contributed by atoms with Gasteiger partial charge in [-0.05, 0) is 21.5 Å². The predicted octanol–water partition coefficient (Wildman–Crippen LogP) is 2.19. The smallest absolute Gasteiger partial charge is 0.411 e. The predicted molar refractivity (Wildman–Crippen MR) is 65.5 cm³/mol. The monoisotopic (exact) mass is 299 g/mol. The lowest BCUT2D eigenvalue weighted by Crippen LogP contribution is -2.27. The van der Waals surface area contributed by atoms with Gasteiger partial charge in [-0.15, -0.1) is 0 Å². The molecule has 0 bridgehead atoms. The third kappa shape index (κ3) is 3.60. The zero-order chi connectivity index (χ0) is 12.8. The van der Waals surface area contributed by atoms with Crippen molar-refractivity contribution in [1.29, 1.82) is 0 Å². The van der Waals surface area contributed by atoms with Gasteiger partial charge in [0.2, 0.25) is 0 Å². The maximum atomic E-state index is 11.0. The Morgan fingerprint density at radius 2 is 1.88 bits per heavy atom. The fourth-order valence-electron chi connectivity index (χ4n) is 1.08. The van der Waals surface area contributed by atoms with Crippen LogP contribution in [0.2, 0.25) is 0 Å². The van der Waals surface area contributed by atoms with E-state index in [1.54, 1.807) is 30.3 Å². The van der Waals surface area contributed by atoms with Crippen LogP contribution in [0.15, 0.2) is 36.0 Å². The molecule has 2 N–H and O–H groups in total. The first kappa shape index (κ1) is 13.2. The zero-order valence-corrected chi connectivity index (χ0v) is 10.5. The molecule has 0 spiro atoms. The Hall–Kier alpha value is -1.82. The minimum Gasteiger partial charge on any atom is -0.477 e. The molecule has 6 heteroatoms. The van der Waals surface area contributed by atoms with Crippen molar-refractivity contribution in [3.63, 3.8) is 0 Å². The molecule has 1 aromatic carbocycles. The van der Waals surface area contributed by atoms with Crippen LogP contribution in [0.5, 0.6) is 0 Å². The lowest BCUT2D eigenvalue weighted by Gasteiger charge is -2.08. The third-order valence-electron chi connectivity index (χ3n) is 1.87. The molecule has 1 aromatic rings. The number of amides is 1. The molecule has 1 amide bonds. The first-order chi connectivity index (χ1) is 8.06. The molecule has 1 rings (SSSR count). The highest BCUT2D eigenvalue weighted by Gasteiger charge is 2.17. The maximum Gasteiger partial charge on any atom is 0.411 e. The van der Waals surface area contributed by atoms with Gasteiger partial charge >= 0.3 is 12.1 Å². The molecule has 0 aromatic heterocycles. The van der Waals surface area contributed by atoms with E-state index in [9.17, 15) is 9.59 Å². The maximum absolute atomic E-state index is 11.0. The molecule has 0 unspecified atom stereocenters. The molecule has 5 nitrogen and oxygen atoms in total. The summed E-state index contributed by atoms with van der Waals surface area (Å²) in [4.78, 5) is 22.0. The highest BCUT2D eigenvalue weighted by molar-refractivity contribution is 9.15. The summed E-state index contributed by atoms with van der Waals surface area (Å²) in [6.45, 7) is 0. The van der Waals surface area contributed by atoms with Crippen molar-refractivity contribution in [2.75, 3.05) is 7.11 Å². The van der Waals surface area contributed by atoms with E-state index in [1.807, 2.05) is 0 Å². The van der Waals surface area contributed by atoms with Gasteiger partial charge in [-0.25, -0.2) is 9.59 Å². The largest absolute Gasteiger partial charge is 0.477 e. The van der Waals surface area contributed by atoms with Gasteiger partial charge in [-0.2, -0.15) is 0 Å². The number of ether oxygens (including phenoxy) is 1. The van der Waals surface area contributed by atoms with Crippen molar-refractivity contribution in [3.05, 3.63) is 41.6 Å². The number of rotatable bonds is 3. The number of carbonyl (C=O) groups is 2. The highest BCUT2D eigenvalue weighted by Crippen LogP contribution is 2.23. The van der Waals surface area contributed by atoms with Crippen molar-refractivity contribution in [2.24, 2.45) is 0 Å². The van der Waals surface area contributed by atoms with Crippen LogP contribution in [0, 0.1) is 0 Å². The van der Waals surface area contributed by atoms with E-state index < -0.39 is 12.1 Å². The summed E-state index contributed by atoms with van der Waals surface area (Å²) < 4.78 is 4.62. The second-order valence-electron chi connectivity index (χ2n) is 2.98. The van der Waals surface area contributed by atoms with Crippen molar-refractivity contribution in [1.82, 2.24) is 5.32 Å². The molecule has 0 fully saturated rings. The molecule has 90 valence electrons. The second kappa shape index (κ2) is 6.05. The van der Waals surface area contributed by atoms with Gasteiger partial charge in [-0.1, -0.05) is 30.3 Å². The van der Waals surface area contributed by atoms with Crippen LogP contribution in [-0.2, 0) is 9.53 Å². The SMILES string of the molecule is COC(=O)N/C(C(=O)O)=C(\Br)c1ccccc1. The Morgan fingerprint density at radius 1 is 1.29 bits per heavy atom. The molecule has 0 saturated heterocycles. The van der Waals surface area contributed by atoms with E-state index >= 15 is 0 Å². The van der Waals surface area contributed by atoms with Gasteiger partial charge < -0.3 is 9.84 Å². The first-order valence-corrected chi connectivity index (χ1v) is 5.39. The lowest BCUT2D eigenvalue weighted by molar-refractivity contribution is -0.132. The number of nitrogens with one attached hydrogen (secondary N) is 1. The lowest BCUT2D eigenvalue weighted by atomic mass is 10.2. The molecule has 0 heterocycles. The van der Waals surface area contributed by atoms with Gasteiger partial charge in [-0.3, -0.25) is 5.32 Å². The summed E-state index contributed by atoms with van der Waals surface area (Å²) >= 11 is 3.14. The number of benzene rings is 1. The standard InChI is InChI=1S/C11H10BrNO4/c1-17-11(16)13-9(10(14)15)8(12)7-5-3-2-4-6-7/h2-6H,1H3,(H,13,16)(H,14,15)/b9-8-. The zero-order valence-electron chi connectivity index (χ0n) is 8.94. The van der Waals surface area contributed by atoms with Crippen LogP contribution >= 0.6 is 15.9 Å². The summed E-state index contributed by atoms with van der Waals surface area (Å²) in [7, 11) is 1.16. The van der Waals surface area contributed by atoms with Crippen molar-refractivity contribution in [2.45, 2.75) is 0 Å². The quantitative estimate of drug-likeness (QED) is 0.839. The van der Waals surface area contributed by atoms with Crippen LogP contribution in [0.3, 0.4) is 0 Å². The number of carbonyl (C=O) groups excluding carboxylic acids is 1. The van der Waals surface area contributed by atoms with E-state index in [-0.39, 0.29) is 10.2 Å². The van der Waals surface area contributed by atoms with E-state index in [1.165, 1.54) is 0 Å². The number of carboxylic acid groups (broad SMARTS) is 1. The van der Waals surface area contributed by atoms with Crippen molar-refractivity contribution >= 4 is 32.5 Å². The Labute approximate surface area is 106 Å². The minimum absolute atomic E-state index is 0.274. The van der Waals surface area contributed by atoms with E-state index in [2.05, 4.69) is 26.0 Å². The summed E-state index contributed by atoms with van der Waals surface area (Å²) in [5.74, 6) is -1.26. The molecule has 0 aliphatic carbocycles. The van der Waals surface area contributed by atoms with Gasteiger partial charge in [0.1, 0.15) is 5.70 Å². The van der Waals surface area contributed by atoms with E-state index in [4.69, 9.17) is 5.11 Å². The normalized spacial score (nSPS) is 11.4. The second-order valence-corrected chi connectivity index (χ2v) is 3.77. The number of hydrogen-bond donors (Lipinski definition) is 2. The Balaban J connectivity index is 3.11. The van der Waals surface area contributed by atoms with E-state index in [0.717, 1.165) is 7.11 Å². The average Bonchev–Trinajstić information content (AvgIpc) is 2.35. The number of carboxylic acids is 1. The molecule has 0 aliphatic rings. The fraction of sp³-hybridized carbons (Fsp3) is 0.0909. The number of alkyl carbamates (subject to hydrolysis) is 1. The van der Waals surface area contributed by atoms with E-state index in [0.29, 0.717) is 5.56 Å². The molecule has 0 radical (unpaired) electrons. The summed E-state index contributed by atoms with van der Waals surface area (Å²) in [5, 5.41) is 11.1. The number of halogens is 1. The fourth-order valence-corrected chi connectivity index (χ4v) is 1.62. The average molecular weight is 300 g/mol. The molecule has 17 heavy (non-hydrogen) atoms. The van der Waals surface area contributed by atoms with Gasteiger partial charge in [0.25, 0.3) is 0 Å². The Morgan fingerprint density at radius 3 is 2.35 bits per heavy atom. The third-order valence-corrected chi connectivity index (χ3v) is 2.73.